The van der Waals surface area contributed by atoms with Gasteiger partial charge in [-0.25, -0.2) is 4.68 Å². The smallest absolute Gasteiger partial charge is 0.259 e. The van der Waals surface area contributed by atoms with Crippen LogP contribution in [0.2, 0.25) is 0 Å². The molecule has 4 rings (SSSR count). The van der Waals surface area contributed by atoms with E-state index in [2.05, 4.69) is 15.5 Å². The van der Waals surface area contributed by atoms with Crippen LogP contribution in [0.4, 0.5) is 5.82 Å². The second-order valence-corrected chi connectivity index (χ2v) is 8.23. The minimum Gasteiger partial charge on any atom is -0.367 e. The lowest BCUT2D eigenvalue weighted by Crippen LogP contribution is -2.40. The summed E-state index contributed by atoms with van der Waals surface area (Å²) in [5.41, 5.74) is 1.85. The van der Waals surface area contributed by atoms with Crippen molar-refractivity contribution in [3.05, 3.63) is 66.1 Å². The van der Waals surface area contributed by atoms with Crippen molar-refractivity contribution in [1.29, 1.82) is 0 Å². The second kappa shape index (κ2) is 10.4. The van der Waals surface area contributed by atoms with Crippen LogP contribution in [-0.4, -0.2) is 56.5 Å². The molecule has 0 spiro atoms. The largest absolute Gasteiger partial charge is 0.367 e. The number of nitrogens with zero attached hydrogens (tertiary/aromatic N) is 5. The quantitative estimate of drug-likeness (QED) is 0.569. The van der Waals surface area contributed by atoms with E-state index in [1.54, 1.807) is 18.5 Å². The number of rotatable bonds is 8. The molecule has 3 heterocycles. The van der Waals surface area contributed by atoms with Gasteiger partial charge in [0, 0.05) is 51.1 Å². The van der Waals surface area contributed by atoms with E-state index in [4.69, 9.17) is 4.74 Å². The van der Waals surface area contributed by atoms with Crippen LogP contribution in [-0.2, 0) is 20.9 Å². The predicted molar refractivity (Wildman–Crippen MR) is 123 cm³/mol. The molecule has 33 heavy (non-hydrogen) atoms. The molecule has 1 saturated heterocycles. The van der Waals surface area contributed by atoms with Gasteiger partial charge < -0.3 is 15.0 Å². The Bertz CT molecular complexity index is 1070. The van der Waals surface area contributed by atoms with E-state index in [1.165, 1.54) is 7.11 Å². The van der Waals surface area contributed by atoms with Crippen LogP contribution >= 0.6 is 0 Å². The SMILES string of the molecule is CO[C@H](C(=O)Nc1ccnn1C1CCN(C(=O)CCn2nccc2C)CC1)c1ccccc1. The zero-order chi connectivity index (χ0) is 23.2. The molecule has 1 aliphatic rings. The Morgan fingerprint density at radius 3 is 2.48 bits per heavy atom. The van der Waals surface area contributed by atoms with Gasteiger partial charge in [-0.15, -0.1) is 0 Å². The van der Waals surface area contributed by atoms with Gasteiger partial charge in [0.25, 0.3) is 5.91 Å². The number of hydrogen-bond donors (Lipinski definition) is 1. The number of piperidine rings is 1. The zero-order valence-electron chi connectivity index (χ0n) is 19.1. The van der Waals surface area contributed by atoms with Crippen molar-refractivity contribution >= 4 is 17.6 Å². The molecule has 2 aromatic heterocycles. The second-order valence-electron chi connectivity index (χ2n) is 8.23. The maximum atomic E-state index is 12.9. The topological polar surface area (TPSA) is 94.3 Å². The van der Waals surface area contributed by atoms with Gasteiger partial charge in [0.05, 0.1) is 12.2 Å². The van der Waals surface area contributed by atoms with Gasteiger partial charge in [0.15, 0.2) is 6.10 Å². The highest BCUT2D eigenvalue weighted by Gasteiger charge is 2.27. The summed E-state index contributed by atoms with van der Waals surface area (Å²) in [4.78, 5) is 27.4. The normalized spacial score (nSPS) is 15.4. The molecule has 9 heteroatoms. The van der Waals surface area contributed by atoms with E-state index >= 15 is 0 Å². The van der Waals surface area contributed by atoms with Crippen LogP contribution in [0.5, 0.6) is 0 Å². The molecule has 3 aromatic rings. The summed E-state index contributed by atoms with van der Waals surface area (Å²) in [5, 5.41) is 11.6. The molecule has 1 atom stereocenters. The van der Waals surface area contributed by atoms with Crippen molar-refractivity contribution in [2.24, 2.45) is 0 Å². The maximum Gasteiger partial charge on any atom is 0.259 e. The number of benzene rings is 1. The lowest BCUT2D eigenvalue weighted by atomic mass is 10.0. The third kappa shape index (κ3) is 5.31. The van der Waals surface area contributed by atoms with Crippen molar-refractivity contribution in [2.45, 2.75) is 44.9 Å². The minimum absolute atomic E-state index is 0.116. The number of aryl methyl sites for hydroxylation is 2. The predicted octanol–water partition coefficient (Wildman–Crippen LogP) is 2.97. The summed E-state index contributed by atoms with van der Waals surface area (Å²) >= 11 is 0. The molecular formula is C24H30N6O3. The number of hydrogen-bond acceptors (Lipinski definition) is 5. The van der Waals surface area contributed by atoms with Crippen LogP contribution in [0.1, 0.15) is 42.7 Å². The summed E-state index contributed by atoms with van der Waals surface area (Å²) in [6, 6.07) is 13.2. The molecular weight excluding hydrogens is 420 g/mol. The van der Waals surface area contributed by atoms with E-state index < -0.39 is 6.10 Å². The number of anilines is 1. The molecule has 0 aliphatic carbocycles. The van der Waals surface area contributed by atoms with Gasteiger partial charge in [0.2, 0.25) is 5.91 Å². The van der Waals surface area contributed by atoms with E-state index in [9.17, 15) is 9.59 Å². The number of carbonyl (C=O) groups excluding carboxylic acids is 2. The van der Waals surface area contributed by atoms with E-state index in [0.717, 1.165) is 24.1 Å². The van der Waals surface area contributed by atoms with Gasteiger partial charge in [-0.2, -0.15) is 10.2 Å². The van der Waals surface area contributed by atoms with Crippen molar-refractivity contribution in [3.8, 4) is 0 Å². The van der Waals surface area contributed by atoms with Crippen LogP contribution in [0.25, 0.3) is 0 Å². The summed E-state index contributed by atoms with van der Waals surface area (Å²) in [7, 11) is 1.52. The Morgan fingerprint density at radius 2 is 1.82 bits per heavy atom. The van der Waals surface area contributed by atoms with Gasteiger partial charge in [-0.05, 0) is 31.4 Å². The number of carbonyl (C=O) groups is 2. The van der Waals surface area contributed by atoms with Gasteiger partial charge in [-0.3, -0.25) is 14.3 Å². The molecule has 1 aromatic carbocycles. The van der Waals surface area contributed by atoms with Crippen molar-refractivity contribution < 1.29 is 14.3 Å². The monoisotopic (exact) mass is 450 g/mol. The summed E-state index contributed by atoms with van der Waals surface area (Å²) in [6.07, 6.45) is 4.73. The lowest BCUT2D eigenvalue weighted by Gasteiger charge is -2.33. The standard InChI is InChI=1S/C24H30N6O3/c1-18-8-13-25-29(18)17-12-22(31)28-15-10-20(11-16-28)30-21(9-14-26-30)27-24(32)23(33-2)19-6-4-3-5-7-19/h3-9,13-14,20,23H,10-12,15-17H2,1-2H3,(H,27,32)/t23-/m0/s1. The molecule has 0 unspecified atom stereocenters. The number of nitrogens with one attached hydrogen (secondary N) is 1. The average Bonchev–Trinajstić information content (AvgIpc) is 3.47. The Kier molecular flexibility index (Phi) is 7.19. The van der Waals surface area contributed by atoms with Crippen LogP contribution < -0.4 is 5.32 Å². The third-order valence-electron chi connectivity index (χ3n) is 6.13. The Morgan fingerprint density at radius 1 is 1.09 bits per heavy atom. The molecule has 0 radical (unpaired) electrons. The molecule has 0 bridgehead atoms. The molecule has 1 fully saturated rings. The minimum atomic E-state index is -0.701. The fraction of sp³-hybridized carbons (Fsp3) is 0.417. The van der Waals surface area contributed by atoms with E-state index in [0.29, 0.717) is 31.9 Å². The van der Waals surface area contributed by atoms with Gasteiger partial charge in [0.1, 0.15) is 5.82 Å². The molecule has 9 nitrogen and oxygen atoms in total. The van der Waals surface area contributed by atoms with Crippen molar-refractivity contribution in [2.75, 3.05) is 25.5 Å². The Hall–Kier alpha value is -3.46. The van der Waals surface area contributed by atoms with E-state index in [1.807, 2.05) is 57.6 Å². The van der Waals surface area contributed by atoms with Crippen LogP contribution in [0.3, 0.4) is 0 Å². The number of aromatic nitrogens is 4. The summed E-state index contributed by atoms with van der Waals surface area (Å²) in [6.45, 7) is 3.91. The number of amides is 2. The van der Waals surface area contributed by atoms with Crippen molar-refractivity contribution in [3.63, 3.8) is 0 Å². The number of methoxy groups -OCH3 is 1. The fourth-order valence-electron chi connectivity index (χ4n) is 4.27. The summed E-state index contributed by atoms with van der Waals surface area (Å²) < 4.78 is 9.14. The average molecular weight is 451 g/mol. The zero-order valence-corrected chi connectivity index (χ0v) is 19.1. The molecule has 1 N–H and O–H groups in total. The highest BCUT2D eigenvalue weighted by molar-refractivity contribution is 5.94. The van der Waals surface area contributed by atoms with Gasteiger partial charge in [-0.1, -0.05) is 30.3 Å². The van der Waals surface area contributed by atoms with Crippen LogP contribution in [0, 0.1) is 6.92 Å². The highest BCUT2D eigenvalue weighted by atomic mass is 16.5. The fourth-order valence-corrected chi connectivity index (χ4v) is 4.27. The lowest BCUT2D eigenvalue weighted by molar-refractivity contribution is -0.132. The Balaban J connectivity index is 1.32. The molecule has 1 aliphatic heterocycles. The molecule has 174 valence electrons. The summed E-state index contributed by atoms with van der Waals surface area (Å²) in [5.74, 6) is 0.534. The van der Waals surface area contributed by atoms with Crippen LogP contribution in [0.15, 0.2) is 54.9 Å². The van der Waals surface area contributed by atoms with E-state index in [-0.39, 0.29) is 17.9 Å². The first-order chi connectivity index (χ1) is 16.1. The Labute approximate surface area is 193 Å². The van der Waals surface area contributed by atoms with Gasteiger partial charge >= 0.3 is 0 Å². The maximum absolute atomic E-state index is 12.9. The number of ether oxygens (including phenoxy) is 1. The highest BCUT2D eigenvalue weighted by Crippen LogP contribution is 2.27. The first kappa shape index (κ1) is 22.7. The first-order valence-electron chi connectivity index (χ1n) is 11.2. The van der Waals surface area contributed by atoms with Crippen molar-refractivity contribution in [1.82, 2.24) is 24.5 Å². The third-order valence-corrected chi connectivity index (χ3v) is 6.13. The molecule has 0 saturated carbocycles. The first-order valence-corrected chi connectivity index (χ1v) is 11.2. The number of likely N-dealkylation sites (tertiary alicyclic amines) is 1. The molecule has 2 amide bonds.